The molecule has 0 aliphatic heterocycles. The van der Waals surface area contributed by atoms with Crippen molar-refractivity contribution in [1.29, 1.82) is 0 Å². The smallest absolute Gasteiger partial charge is 0.257 e. The molecule has 6 heteroatoms. The number of carbonyl (C=O) groups is 1. The third-order valence-corrected chi connectivity index (χ3v) is 2.33. The Morgan fingerprint density at radius 3 is 2.33 bits per heavy atom. The van der Waals surface area contributed by atoms with E-state index in [4.69, 9.17) is 0 Å². The lowest BCUT2D eigenvalue weighted by Crippen LogP contribution is -3.05. The van der Waals surface area contributed by atoms with Crippen LogP contribution in [0, 0.1) is 11.6 Å². The average molecular weight is 279 g/mol. The summed E-state index contributed by atoms with van der Waals surface area (Å²) in [6.45, 7) is 1.30. The van der Waals surface area contributed by atoms with Crippen molar-refractivity contribution in [3.8, 4) is 0 Å². The van der Waals surface area contributed by atoms with E-state index in [2.05, 4.69) is 5.32 Å². The Bertz CT molecular complexity index is 379. The van der Waals surface area contributed by atoms with Crippen molar-refractivity contribution in [2.24, 2.45) is 0 Å². The van der Waals surface area contributed by atoms with Crippen LogP contribution in [0.5, 0.6) is 0 Å². The molecule has 2 N–H and O–H groups in total. The highest BCUT2D eigenvalue weighted by Crippen LogP contribution is 2.11. The van der Waals surface area contributed by atoms with Crippen LogP contribution in [-0.2, 0) is 0 Å². The molecule has 0 spiro atoms. The highest BCUT2D eigenvalue weighted by atomic mass is 35.5. The summed E-state index contributed by atoms with van der Waals surface area (Å²) >= 11 is 0. The van der Waals surface area contributed by atoms with Gasteiger partial charge in [-0.3, -0.25) is 4.79 Å². The lowest BCUT2D eigenvalue weighted by molar-refractivity contribution is -0.858. The van der Waals surface area contributed by atoms with Crippen LogP contribution >= 0.6 is 0 Å². The molecule has 0 aromatic heterocycles. The second kappa shape index (κ2) is 8.00. The van der Waals surface area contributed by atoms with E-state index in [0.29, 0.717) is 6.54 Å². The number of benzene rings is 1. The highest BCUT2D eigenvalue weighted by molar-refractivity contribution is 5.94. The fourth-order valence-corrected chi connectivity index (χ4v) is 1.45. The van der Waals surface area contributed by atoms with Crippen molar-refractivity contribution >= 4 is 5.91 Å². The topological polar surface area (TPSA) is 33.5 Å². The van der Waals surface area contributed by atoms with Crippen molar-refractivity contribution in [2.75, 3.05) is 27.2 Å². The Hall–Kier alpha value is -1.20. The van der Waals surface area contributed by atoms with E-state index in [0.717, 1.165) is 25.1 Å². The molecule has 0 heterocycles. The lowest BCUT2D eigenvalue weighted by atomic mass is 10.2. The molecule has 1 aromatic carbocycles. The maximum absolute atomic E-state index is 13.2. The van der Waals surface area contributed by atoms with Crippen LogP contribution in [-0.4, -0.2) is 33.1 Å². The molecule has 0 bridgehead atoms. The summed E-state index contributed by atoms with van der Waals surface area (Å²) in [5.41, 5.74) is -0.510. The zero-order valence-corrected chi connectivity index (χ0v) is 11.2. The number of amides is 1. The summed E-state index contributed by atoms with van der Waals surface area (Å²) in [4.78, 5) is 12.8. The Kier molecular flexibility index (Phi) is 7.47. The minimum atomic E-state index is -0.833. The zero-order valence-electron chi connectivity index (χ0n) is 10.4. The quantitative estimate of drug-likeness (QED) is 0.562. The number of hydrogen-bond acceptors (Lipinski definition) is 1. The van der Waals surface area contributed by atoms with E-state index in [-0.39, 0.29) is 12.4 Å². The van der Waals surface area contributed by atoms with Crippen LogP contribution < -0.4 is 22.6 Å². The summed E-state index contributed by atoms with van der Waals surface area (Å²) in [5, 5.41) is 2.50. The first-order valence-electron chi connectivity index (χ1n) is 5.53. The molecule has 0 aliphatic rings. The minimum Gasteiger partial charge on any atom is -1.00 e. The van der Waals surface area contributed by atoms with E-state index >= 15 is 0 Å². The first kappa shape index (κ1) is 16.8. The Morgan fingerprint density at radius 1 is 1.28 bits per heavy atom. The predicted octanol–water partition coefficient (Wildman–Crippen LogP) is -2.77. The van der Waals surface area contributed by atoms with Gasteiger partial charge in [0.1, 0.15) is 17.2 Å². The van der Waals surface area contributed by atoms with Crippen molar-refractivity contribution in [3.63, 3.8) is 0 Å². The van der Waals surface area contributed by atoms with Gasteiger partial charge in [-0.05, 0) is 12.1 Å². The average Bonchev–Trinajstić information content (AvgIpc) is 2.24. The van der Waals surface area contributed by atoms with Crippen molar-refractivity contribution in [1.82, 2.24) is 5.32 Å². The SMILES string of the molecule is C[NH+](C)CCCNC(=O)c1c(F)cccc1F.[Cl-]. The van der Waals surface area contributed by atoms with Gasteiger partial charge < -0.3 is 22.6 Å². The van der Waals surface area contributed by atoms with Gasteiger partial charge in [0, 0.05) is 13.0 Å². The molecule has 0 radical (unpaired) electrons. The summed E-state index contributed by atoms with van der Waals surface area (Å²) < 4.78 is 26.5. The molecule has 102 valence electrons. The van der Waals surface area contributed by atoms with E-state index in [1.165, 1.54) is 11.0 Å². The summed E-state index contributed by atoms with van der Waals surface area (Å²) in [6.07, 6.45) is 0.768. The van der Waals surface area contributed by atoms with E-state index < -0.39 is 23.1 Å². The maximum atomic E-state index is 13.2. The summed E-state index contributed by atoms with van der Waals surface area (Å²) in [7, 11) is 4.00. The van der Waals surface area contributed by atoms with E-state index in [1.807, 2.05) is 14.1 Å². The van der Waals surface area contributed by atoms with E-state index in [9.17, 15) is 13.6 Å². The minimum absolute atomic E-state index is 0. The largest absolute Gasteiger partial charge is 1.00 e. The summed E-state index contributed by atoms with van der Waals surface area (Å²) in [6, 6.07) is 3.38. The molecule has 0 fully saturated rings. The number of hydrogen-bond donors (Lipinski definition) is 2. The molecule has 0 unspecified atom stereocenters. The lowest BCUT2D eigenvalue weighted by Gasteiger charge is -2.09. The monoisotopic (exact) mass is 278 g/mol. The zero-order chi connectivity index (χ0) is 12.8. The molecule has 0 saturated carbocycles. The predicted molar refractivity (Wildman–Crippen MR) is 61.0 cm³/mol. The van der Waals surface area contributed by atoms with Crippen LogP contribution in [0.25, 0.3) is 0 Å². The van der Waals surface area contributed by atoms with Gasteiger partial charge in [-0.15, -0.1) is 0 Å². The first-order chi connectivity index (χ1) is 8.02. The number of carbonyl (C=O) groups excluding carboxylic acids is 1. The van der Waals surface area contributed by atoms with Crippen molar-refractivity contribution in [3.05, 3.63) is 35.4 Å². The van der Waals surface area contributed by atoms with Crippen LogP contribution in [0.15, 0.2) is 18.2 Å². The third kappa shape index (κ3) is 4.98. The Balaban J connectivity index is 0.00000289. The van der Waals surface area contributed by atoms with Gasteiger partial charge in [0.2, 0.25) is 0 Å². The molecular weight excluding hydrogens is 262 g/mol. The fraction of sp³-hybridized carbons (Fsp3) is 0.417. The van der Waals surface area contributed by atoms with Gasteiger partial charge in [0.15, 0.2) is 0 Å². The van der Waals surface area contributed by atoms with E-state index in [1.54, 1.807) is 0 Å². The maximum Gasteiger partial charge on any atom is 0.257 e. The summed E-state index contributed by atoms with van der Waals surface area (Å²) in [5.74, 6) is -2.36. The molecule has 1 rings (SSSR count). The fourth-order valence-electron chi connectivity index (χ4n) is 1.45. The number of nitrogens with one attached hydrogen (secondary N) is 2. The van der Waals surface area contributed by atoms with Crippen LogP contribution in [0.3, 0.4) is 0 Å². The Labute approximate surface area is 112 Å². The normalized spacial score (nSPS) is 10.1. The molecule has 0 saturated heterocycles. The standard InChI is InChI=1S/C12H16F2N2O.ClH/c1-16(2)8-4-7-15-12(17)11-9(13)5-3-6-10(11)14;/h3,5-6H,4,7-8H2,1-2H3,(H,15,17);1H. The number of rotatable bonds is 5. The molecule has 0 atom stereocenters. The van der Waals surface area contributed by atoms with Crippen LogP contribution in [0.4, 0.5) is 8.78 Å². The van der Waals surface area contributed by atoms with Gasteiger partial charge in [0.05, 0.1) is 20.6 Å². The molecule has 1 amide bonds. The molecule has 18 heavy (non-hydrogen) atoms. The van der Waals surface area contributed by atoms with Gasteiger partial charge in [0.25, 0.3) is 5.91 Å². The Morgan fingerprint density at radius 2 is 1.83 bits per heavy atom. The van der Waals surface area contributed by atoms with Gasteiger partial charge in [-0.2, -0.15) is 0 Å². The van der Waals surface area contributed by atoms with Gasteiger partial charge in [-0.25, -0.2) is 8.78 Å². The first-order valence-corrected chi connectivity index (χ1v) is 5.53. The third-order valence-electron chi connectivity index (χ3n) is 2.33. The second-order valence-corrected chi connectivity index (χ2v) is 4.16. The van der Waals surface area contributed by atoms with Crippen molar-refractivity contribution < 1.29 is 30.9 Å². The van der Waals surface area contributed by atoms with Crippen molar-refractivity contribution in [2.45, 2.75) is 6.42 Å². The molecule has 3 nitrogen and oxygen atoms in total. The highest BCUT2D eigenvalue weighted by Gasteiger charge is 2.16. The van der Waals surface area contributed by atoms with Gasteiger partial charge >= 0.3 is 0 Å². The second-order valence-electron chi connectivity index (χ2n) is 4.16. The number of halogens is 3. The van der Waals surface area contributed by atoms with Crippen LogP contribution in [0.2, 0.25) is 0 Å². The molecule has 0 aliphatic carbocycles. The number of quaternary nitrogens is 1. The van der Waals surface area contributed by atoms with Gasteiger partial charge in [-0.1, -0.05) is 6.07 Å². The molecule has 1 aromatic rings. The molecular formula is C12H17ClF2N2O. The van der Waals surface area contributed by atoms with Crippen LogP contribution in [0.1, 0.15) is 16.8 Å².